The molecule has 0 bridgehead atoms. The Hall–Kier alpha value is -3.72. The summed E-state index contributed by atoms with van der Waals surface area (Å²) >= 11 is 0. The van der Waals surface area contributed by atoms with Gasteiger partial charge in [-0.2, -0.15) is 5.26 Å². The molecule has 3 rings (SSSR count). The van der Waals surface area contributed by atoms with Crippen molar-refractivity contribution in [2.24, 2.45) is 0 Å². The quantitative estimate of drug-likeness (QED) is 0.560. The summed E-state index contributed by atoms with van der Waals surface area (Å²) in [5.74, 6) is 0.137. The number of pyridine rings is 1. The van der Waals surface area contributed by atoms with Gasteiger partial charge >= 0.3 is 0 Å². The highest BCUT2D eigenvalue weighted by Crippen LogP contribution is 2.32. The van der Waals surface area contributed by atoms with Crippen molar-refractivity contribution in [2.45, 2.75) is 13.3 Å². The summed E-state index contributed by atoms with van der Waals surface area (Å²) in [5.41, 5.74) is 10.3. The maximum atomic E-state index is 10.8. The fourth-order valence-electron chi connectivity index (χ4n) is 2.73. The Morgan fingerprint density at radius 2 is 1.73 bits per heavy atom. The Labute approximate surface area is 150 Å². The molecule has 0 spiro atoms. The van der Waals surface area contributed by atoms with Crippen LogP contribution in [0, 0.1) is 21.4 Å². The van der Waals surface area contributed by atoms with E-state index in [2.05, 4.69) is 18.0 Å². The van der Waals surface area contributed by atoms with Gasteiger partial charge in [0, 0.05) is 23.3 Å². The molecule has 0 saturated carbocycles. The predicted molar refractivity (Wildman–Crippen MR) is 100 cm³/mol. The highest BCUT2D eigenvalue weighted by molar-refractivity contribution is 5.80. The van der Waals surface area contributed by atoms with Crippen LogP contribution in [0.5, 0.6) is 0 Å². The number of nitrogens with zero attached hydrogens (tertiary/aromatic N) is 3. The van der Waals surface area contributed by atoms with E-state index in [1.54, 1.807) is 18.2 Å². The largest absolute Gasteiger partial charge is 0.383 e. The van der Waals surface area contributed by atoms with Crippen LogP contribution in [0.4, 0.5) is 11.5 Å². The number of aromatic nitrogens is 1. The van der Waals surface area contributed by atoms with Gasteiger partial charge in [0.2, 0.25) is 0 Å². The first kappa shape index (κ1) is 17.1. The van der Waals surface area contributed by atoms with Gasteiger partial charge in [0.1, 0.15) is 17.5 Å². The number of nitro benzene ring substituents is 1. The first-order valence-electron chi connectivity index (χ1n) is 8.08. The molecule has 0 atom stereocenters. The first-order valence-corrected chi connectivity index (χ1v) is 8.08. The lowest BCUT2D eigenvalue weighted by molar-refractivity contribution is -0.384. The monoisotopic (exact) mass is 344 g/mol. The lowest BCUT2D eigenvalue weighted by Gasteiger charge is -2.11. The number of nitriles is 1. The third-order valence-corrected chi connectivity index (χ3v) is 4.21. The summed E-state index contributed by atoms with van der Waals surface area (Å²) in [4.78, 5) is 14.7. The molecule has 2 N–H and O–H groups in total. The van der Waals surface area contributed by atoms with E-state index in [1.807, 2.05) is 24.3 Å². The van der Waals surface area contributed by atoms with Crippen molar-refractivity contribution in [2.75, 3.05) is 5.73 Å². The van der Waals surface area contributed by atoms with Crippen molar-refractivity contribution in [3.05, 3.63) is 75.8 Å². The predicted octanol–water partition coefficient (Wildman–Crippen LogP) is 4.34. The molecule has 0 unspecified atom stereocenters. The average Bonchev–Trinajstić information content (AvgIpc) is 2.67. The number of hydrogen-bond donors (Lipinski definition) is 1. The second-order valence-corrected chi connectivity index (χ2v) is 5.78. The van der Waals surface area contributed by atoms with Crippen LogP contribution in [0.2, 0.25) is 0 Å². The molecule has 6 heteroatoms. The van der Waals surface area contributed by atoms with Crippen molar-refractivity contribution in [3.8, 4) is 28.5 Å². The summed E-state index contributed by atoms with van der Waals surface area (Å²) < 4.78 is 0. The van der Waals surface area contributed by atoms with Crippen molar-refractivity contribution in [3.63, 3.8) is 0 Å². The van der Waals surface area contributed by atoms with Crippen LogP contribution >= 0.6 is 0 Å². The summed E-state index contributed by atoms with van der Waals surface area (Å²) in [5, 5.41) is 20.3. The SMILES string of the molecule is CCc1ccc(-c2cc(-c3ccc([N+](=O)[O-])cc3)nc(N)c2C#N)cc1. The number of non-ortho nitro benzene ring substituents is 1. The number of aryl methyl sites for hydroxylation is 1. The third-order valence-electron chi connectivity index (χ3n) is 4.21. The molecule has 2 aromatic carbocycles. The van der Waals surface area contributed by atoms with E-state index in [0.717, 1.165) is 12.0 Å². The minimum atomic E-state index is -0.453. The molecule has 1 heterocycles. The molecule has 0 amide bonds. The number of nitrogens with two attached hydrogens (primary N) is 1. The minimum Gasteiger partial charge on any atom is -0.383 e. The molecule has 0 fully saturated rings. The van der Waals surface area contributed by atoms with Crippen LogP contribution < -0.4 is 5.73 Å². The van der Waals surface area contributed by atoms with Crippen LogP contribution in [0.3, 0.4) is 0 Å². The fourth-order valence-corrected chi connectivity index (χ4v) is 2.73. The van der Waals surface area contributed by atoms with Crippen LogP contribution in [0.25, 0.3) is 22.4 Å². The summed E-state index contributed by atoms with van der Waals surface area (Å²) in [6.07, 6.45) is 0.928. The molecule has 0 radical (unpaired) electrons. The lowest BCUT2D eigenvalue weighted by atomic mass is 9.97. The van der Waals surface area contributed by atoms with Gasteiger partial charge in [-0.3, -0.25) is 10.1 Å². The van der Waals surface area contributed by atoms with Gasteiger partial charge in [-0.1, -0.05) is 31.2 Å². The molecule has 0 aliphatic carbocycles. The Balaban J connectivity index is 2.12. The number of hydrogen-bond acceptors (Lipinski definition) is 5. The summed E-state index contributed by atoms with van der Waals surface area (Å²) in [6.45, 7) is 2.08. The highest BCUT2D eigenvalue weighted by atomic mass is 16.6. The number of rotatable bonds is 4. The smallest absolute Gasteiger partial charge is 0.269 e. The first-order chi connectivity index (χ1) is 12.5. The van der Waals surface area contributed by atoms with Crippen LogP contribution in [-0.2, 0) is 6.42 Å². The van der Waals surface area contributed by atoms with Crippen molar-refractivity contribution < 1.29 is 4.92 Å². The third kappa shape index (κ3) is 3.23. The maximum Gasteiger partial charge on any atom is 0.269 e. The summed E-state index contributed by atoms with van der Waals surface area (Å²) in [6, 6.07) is 17.9. The molecule has 0 aliphatic rings. The lowest BCUT2D eigenvalue weighted by Crippen LogP contribution is -2.00. The molecule has 0 aliphatic heterocycles. The van der Waals surface area contributed by atoms with Gasteiger partial charge in [-0.15, -0.1) is 0 Å². The van der Waals surface area contributed by atoms with E-state index < -0.39 is 4.92 Å². The Bertz CT molecular complexity index is 1000. The molecule has 6 nitrogen and oxygen atoms in total. The van der Waals surface area contributed by atoms with Gasteiger partial charge in [-0.25, -0.2) is 4.98 Å². The minimum absolute atomic E-state index is 0.00532. The van der Waals surface area contributed by atoms with Gasteiger partial charge < -0.3 is 5.73 Å². The molecule has 26 heavy (non-hydrogen) atoms. The van der Waals surface area contributed by atoms with Crippen LogP contribution in [-0.4, -0.2) is 9.91 Å². The number of nitro groups is 1. The average molecular weight is 344 g/mol. The van der Waals surface area contributed by atoms with E-state index in [4.69, 9.17) is 5.73 Å². The fraction of sp³-hybridized carbons (Fsp3) is 0.100. The molecule has 0 saturated heterocycles. The van der Waals surface area contributed by atoms with Crippen molar-refractivity contribution >= 4 is 11.5 Å². The topological polar surface area (TPSA) is 106 Å². The Kier molecular flexibility index (Phi) is 4.63. The van der Waals surface area contributed by atoms with Crippen LogP contribution in [0.1, 0.15) is 18.1 Å². The van der Waals surface area contributed by atoms with Gasteiger partial charge in [0.15, 0.2) is 0 Å². The molecule has 128 valence electrons. The zero-order valence-electron chi connectivity index (χ0n) is 14.1. The molecule has 3 aromatic rings. The standard InChI is InChI=1S/C20H16N4O2/c1-2-13-3-5-14(6-4-13)17-11-19(23-20(22)18(17)12-21)15-7-9-16(10-8-15)24(25)26/h3-11H,2H2,1H3,(H2,22,23). The number of nitrogen functional groups attached to an aromatic ring is 1. The second-order valence-electron chi connectivity index (χ2n) is 5.78. The molecular formula is C20H16N4O2. The van der Waals surface area contributed by atoms with Gasteiger partial charge in [-0.05, 0) is 35.7 Å². The Morgan fingerprint density at radius 1 is 1.12 bits per heavy atom. The number of benzene rings is 2. The normalized spacial score (nSPS) is 10.3. The maximum absolute atomic E-state index is 10.8. The van der Waals surface area contributed by atoms with E-state index >= 15 is 0 Å². The van der Waals surface area contributed by atoms with E-state index in [-0.39, 0.29) is 11.5 Å². The van der Waals surface area contributed by atoms with E-state index in [1.165, 1.54) is 17.7 Å². The molecular weight excluding hydrogens is 328 g/mol. The van der Waals surface area contributed by atoms with E-state index in [9.17, 15) is 15.4 Å². The second kappa shape index (κ2) is 7.03. The van der Waals surface area contributed by atoms with Gasteiger partial charge in [0.25, 0.3) is 5.69 Å². The summed E-state index contributed by atoms with van der Waals surface area (Å²) in [7, 11) is 0. The van der Waals surface area contributed by atoms with Crippen molar-refractivity contribution in [1.29, 1.82) is 5.26 Å². The number of anilines is 1. The van der Waals surface area contributed by atoms with E-state index in [0.29, 0.717) is 22.4 Å². The Morgan fingerprint density at radius 3 is 2.27 bits per heavy atom. The van der Waals surface area contributed by atoms with Gasteiger partial charge in [0.05, 0.1) is 10.6 Å². The van der Waals surface area contributed by atoms with Crippen LogP contribution in [0.15, 0.2) is 54.6 Å². The zero-order valence-corrected chi connectivity index (χ0v) is 14.1. The molecule has 1 aromatic heterocycles. The van der Waals surface area contributed by atoms with Crippen molar-refractivity contribution in [1.82, 2.24) is 4.98 Å². The highest BCUT2D eigenvalue weighted by Gasteiger charge is 2.14. The zero-order chi connectivity index (χ0) is 18.7.